The van der Waals surface area contributed by atoms with Gasteiger partial charge in [-0.1, -0.05) is 36.4 Å². The number of piperidine rings is 1. The Hall–Kier alpha value is -4.46. The number of rotatable bonds is 5. The summed E-state index contributed by atoms with van der Waals surface area (Å²) < 4.78 is 5.88. The summed E-state index contributed by atoms with van der Waals surface area (Å²) in [5.41, 5.74) is 4.07. The van der Waals surface area contributed by atoms with Crippen LogP contribution in [0.4, 0.5) is 10.5 Å². The van der Waals surface area contributed by atoms with Gasteiger partial charge >= 0.3 is 6.03 Å². The van der Waals surface area contributed by atoms with Gasteiger partial charge in [-0.05, 0) is 67.8 Å². The van der Waals surface area contributed by atoms with Crippen molar-refractivity contribution in [3.05, 3.63) is 90.0 Å². The number of nitrogens with one attached hydrogen (secondary N) is 2. The van der Waals surface area contributed by atoms with Crippen LogP contribution >= 0.6 is 0 Å². The zero-order valence-electron chi connectivity index (χ0n) is 20.0. The van der Waals surface area contributed by atoms with E-state index in [0.29, 0.717) is 43.3 Å². The van der Waals surface area contributed by atoms with Crippen molar-refractivity contribution in [2.45, 2.75) is 25.8 Å². The topological polar surface area (TPSA) is 100 Å². The minimum Gasteiger partial charge on any atom is -0.416 e. The number of aromatic nitrogens is 2. The minimum atomic E-state index is -0.229. The third kappa shape index (κ3) is 5.27. The Morgan fingerprint density at radius 2 is 1.53 bits per heavy atom. The van der Waals surface area contributed by atoms with Crippen LogP contribution in [-0.4, -0.2) is 46.2 Å². The monoisotopic (exact) mass is 481 g/mol. The fraction of sp³-hybridized carbons (Fsp3) is 0.214. The maximum Gasteiger partial charge on any atom is 0.319 e. The SMILES string of the molecule is Cc1ccccc1-c1nnc(-c2ccc(C(=O)N3CCC(NC(=O)Nc4ccccc4)CC3)cc2)o1. The van der Waals surface area contributed by atoms with E-state index in [0.717, 1.165) is 22.4 Å². The average Bonchev–Trinajstić information content (AvgIpc) is 3.40. The molecule has 0 unspecified atom stereocenters. The molecule has 1 aliphatic heterocycles. The van der Waals surface area contributed by atoms with E-state index in [1.54, 1.807) is 12.1 Å². The lowest BCUT2D eigenvalue weighted by atomic mass is 10.0. The number of amides is 3. The van der Waals surface area contributed by atoms with E-state index in [-0.39, 0.29) is 18.0 Å². The van der Waals surface area contributed by atoms with Gasteiger partial charge in [0.1, 0.15) is 0 Å². The smallest absolute Gasteiger partial charge is 0.319 e. The molecule has 182 valence electrons. The van der Waals surface area contributed by atoms with Gasteiger partial charge in [0.2, 0.25) is 11.8 Å². The molecular formula is C28H27N5O3. The van der Waals surface area contributed by atoms with Gasteiger partial charge in [0, 0.05) is 41.5 Å². The molecule has 8 nitrogen and oxygen atoms in total. The first-order valence-corrected chi connectivity index (χ1v) is 12.0. The predicted molar refractivity (Wildman–Crippen MR) is 137 cm³/mol. The second kappa shape index (κ2) is 10.4. The van der Waals surface area contributed by atoms with Crippen molar-refractivity contribution in [2.75, 3.05) is 18.4 Å². The van der Waals surface area contributed by atoms with Crippen molar-refractivity contribution >= 4 is 17.6 Å². The molecule has 0 aliphatic carbocycles. The molecule has 2 heterocycles. The Morgan fingerprint density at radius 1 is 0.861 bits per heavy atom. The molecule has 8 heteroatoms. The highest BCUT2D eigenvalue weighted by molar-refractivity contribution is 5.94. The summed E-state index contributed by atoms with van der Waals surface area (Å²) in [7, 11) is 0. The fourth-order valence-corrected chi connectivity index (χ4v) is 4.30. The van der Waals surface area contributed by atoms with Crippen LogP contribution in [0.2, 0.25) is 0 Å². The van der Waals surface area contributed by atoms with E-state index in [1.165, 1.54) is 0 Å². The minimum absolute atomic E-state index is 0.0279. The van der Waals surface area contributed by atoms with E-state index in [9.17, 15) is 9.59 Å². The normalized spacial score (nSPS) is 13.9. The molecule has 4 aromatic rings. The van der Waals surface area contributed by atoms with Gasteiger partial charge in [-0.3, -0.25) is 4.79 Å². The lowest BCUT2D eigenvalue weighted by Gasteiger charge is -2.32. The second-order valence-corrected chi connectivity index (χ2v) is 8.84. The molecule has 5 rings (SSSR count). The third-order valence-corrected chi connectivity index (χ3v) is 6.33. The zero-order valence-corrected chi connectivity index (χ0v) is 20.0. The highest BCUT2D eigenvalue weighted by Crippen LogP contribution is 2.26. The molecule has 1 fully saturated rings. The number of hydrogen-bond acceptors (Lipinski definition) is 5. The van der Waals surface area contributed by atoms with Gasteiger partial charge < -0.3 is 20.0 Å². The highest BCUT2D eigenvalue weighted by atomic mass is 16.4. The van der Waals surface area contributed by atoms with Crippen molar-refractivity contribution in [3.8, 4) is 22.9 Å². The molecule has 2 N–H and O–H groups in total. The predicted octanol–water partition coefficient (Wildman–Crippen LogP) is 5.14. The lowest BCUT2D eigenvalue weighted by Crippen LogP contribution is -2.47. The molecular weight excluding hydrogens is 454 g/mol. The standard InChI is InChI=1S/C28H27N5O3/c1-19-7-5-6-10-24(19)26-32-31-25(36-26)20-11-13-21(14-12-20)27(34)33-17-15-23(16-18-33)30-28(35)29-22-8-3-2-4-9-22/h2-14,23H,15-18H2,1H3,(H2,29,30,35). The van der Waals surface area contributed by atoms with Crippen molar-refractivity contribution < 1.29 is 14.0 Å². The second-order valence-electron chi connectivity index (χ2n) is 8.84. The number of para-hydroxylation sites is 1. The number of likely N-dealkylation sites (tertiary alicyclic amines) is 1. The van der Waals surface area contributed by atoms with Crippen molar-refractivity contribution in [1.82, 2.24) is 20.4 Å². The van der Waals surface area contributed by atoms with Crippen LogP contribution in [-0.2, 0) is 0 Å². The Kier molecular flexibility index (Phi) is 6.75. The lowest BCUT2D eigenvalue weighted by molar-refractivity contribution is 0.0709. The largest absolute Gasteiger partial charge is 0.416 e. The summed E-state index contributed by atoms with van der Waals surface area (Å²) in [6.45, 7) is 3.17. The Balaban J connectivity index is 1.15. The number of hydrogen-bond donors (Lipinski definition) is 2. The van der Waals surface area contributed by atoms with Gasteiger partial charge in [0.25, 0.3) is 5.91 Å². The molecule has 0 radical (unpaired) electrons. The van der Waals surface area contributed by atoms with Crippen molar-refractivity contribution in [3.63, 3.8) is 0 Å². The van der Waals surface area contributed by atoms with Gasteiger partial charge in [0.05, 0.1) is 0 Å². The van der Waals surface area contributed by atoms with Crippen LogP contribution < -0.4 is 10.6 Å². The van der Waals surface area contributed by atoms with Gasteiger partial charge in [-0.2, -0.15) is 0 Å². The molecule has 0 atom stereocenters. The first-order valence-electron chi connectivity index (χ1n) is 12.0. The van der Waals surface area contributed by atoms with Gasteiger partial charge in [0.15, 0.2) is 0 Å². The molecule has 36 heavy (non-hydrogen) atoms. The molecule has 3 amide bonds. The summed E-state index contributed by atoms with van der Waals surface area (Å²) in [5, 5.41) is 14.2. The molecule has 0 saturated carbocycles. The van der Waals surface area contributed by atoms with E-state index in [4.69, 9.17) is 4.42 Å². The van der Waals surface area contributed by atoms with Crippen molar-refractivity contribution in [2.24, 2.45) is 0 Å². The number of carbonyl (C=O) groups is 2. The summed E-state index contributed by atoms with van der Waals surface area (Å²) in [4.78, 5) is 27.1. The van der Waals surface area contributed by atoms with Crippen LogP contribution in [0.5, 0.6) is 0 Å². The summed E-state index contributed by atoms with van der Waals surface area (Å²) in [5.74, 6) is 0.852. The zero-order chi connectivity index (χ0) is 24.9. The number of urea groups is 1. The van der Waals surface area contributed by atoms with E-state index in [2.05, 4.69) is 20.8 Å². The maximum atomic E-state index is 13.0. The Labute approximate surface area is 209 Å². The maximum absolute atomic E-state index is 13.0. The first kappa shape index (κ1) is 23.3. The summed E-state index contributed by atoms with van der Waals surface area (Å²) in [6.07, 6.45) is 1.41. The van der Waals surface area contributed by atoms with Crippen LogP contribution in [0.15, 0.2) is 83.3 Å². The molecule has 0 bridgehead atoms. The molecule has 1 aromatic heterocycles. The molecule has 0 spiro atoms. The van der Waals surface area contributed by atoms with Crippen LogP contribution in [0, 0.1) is 6.92 Å². The van der Waals surface area contributed by atoms with Gasteiger partial charge in [-0.15, -0.1) is 10.2 Å². The molecule has 1 saturated heterocycles. The van der Waals surface area contributed by atoms with Crippen LogP contribution in [0.1, 0.15) is 28.8 Å². The number of benzene rings is 3. The summed E-state index contributed by atoms with van der Waals surface area (Å²) in [6, 6.07) is 24.2. The van der Waals surface area contributed by atoms with E-state index in [1.807, 2.05) is 78.6 Å². The number of anilines is 1. The van der Waals surface area contributed by atoms with Gasteiger partial charge in [-0.25, -0.2) is 4.79 Å². The van der Waals surface area contributed by atoms with E-state index < -0.39 is 0 Å². The quantitative estimate of drug-likeness (QED) is 0.411. The van der Waals surface area contributed by atoms with E-state index >= 15 is 0 Å². The Bertz CT molecular complexity index is 1340. The summed E-state index contributed by atoms with van der Waals surface area (Å²) >= 11 is 0. The Morgan fingerprint density at radius 3 is 2.25 bits per heavy atom. The molecule has 3 aromatic carbocycles. The molecule has 1 aliphatic rings. The fourth-order valence-electron chi connectivity index (χ4n) is 4.30. The first-order chi connectivity index (χ1) is 17.6. The third-order valence-electron chi connectivity index (χ3n) is 6.33. The van der Waals surface area contributed by atoms with Crippen LogP contribution in [0.25, 0.3) is 22.9 Å². The number of nitrogens with zero attached hydrogens (tertiary/aromatic N) is 3. The number of carbonyl (C=O) groups excluding carboxylic acids is 2. The van der Waals surface area contributed by atoms with Crippen molar-refractivity contribution in [1.29, 1.82) is 0 Å². The highest BCUT2D eigenvalue weighted by Gasteiger charge is 2.25. The van der Waals surface area contributed by atoms with Crippen LogP contribution in [0.3, 0.4) is 0 Å². The average molecular weight is 482 g/mol. The number of aryl methyl sites for hydroxylation is 1.